The Balaban J connectivity index is 1.23. The molecule has 148 valence electrons. The Hall–Kier alpha value is -1.63. The number of rotatable bonds is 4. The van der Waals surface area contributed by atoms with Gasteiger partial charge in [-0.2, -0.15) is 0 Å². The summed E-state index contributed by atoms with van der Waals surface area (Å²) in [5, 5.41) is 0. The van der Waals surface area contributed by atoms with Crippen LogP contribution in [0, 0.1) is 0 Å². The molecule has 1 amide bonds. The molecule has 0 radical (unpaired) electrons. The van der Waals surface area contributed by atoms with E-state index in [9.17, 15) is 4.79 Å². The maximum Gasteiger partial charge on any atom is 0.236 e. The van der Waals surface area contributed by atoms with Crippen molar-refractivity contribution in [2.75, 3.05) is 52.4 Å². The molecule has 0 N–H and O–H groups in total. The van der Waals surface area contributed by atoms with Crippen molar-refractivity contribution in [1.29, 1.82) is 0 Å². The summed E-state index contributed by atoms with van der Waals surface area (Å²) in [6.45, 7) is 11.8. The first-order chi connectivity index (χ1) is 13.1. The maximum atomic E-state index is 12.6. The molecular weight excluding hydrogens is 342 g/mol. The lowest BCUT2D eigenvalue weighted by Crippen LogP contribution is -2.53. The molecule has 0 spiro atoms. The van der Waals surface area contributed by atoms with Crippen LogP contribution in [0.15, 0.2) is 18.2 Å². The molecule has 1 aromatic rings. The topological polar surface area (TPSA) is 45.3 Å². The van der Waals surface area contributed by atoms with Gasteiger partial charge in [0.1, 0.15) is 5.75 Å². The second-order valence-electron chi connectivity index (χ2n) is 8.15. The number of ether oxygens (including phenoxy) is 2. The van der Waals surface area contributed by atoms with Crippen molar-refractivity contribution in [3.05, 3.63) is 29.3 Å². The van der Waals surface area contributed by atoms with Crippen LogP contribution in [-0.4, -0.2) is 85.2 Å². The standard InChI is InChI=1S/C21H31N3O3/c1-16-12-24(13-17(2)27-16)21(25)15-23-8-6-22(7-9-23)14-18-3-4-20-19(11-18)5-10-26-20/h3-4,11,16-17H,5-10,12-15H2,1-2H3/t16-,17-/m0/s1. The molecule has 0 saturated carbocycles. The molecule has 27 heavy (non-hydrogen) atoms. The summed E-state index contributed by atoms with van der Waals surface area (Å²) in [5.41, 5.74) is 2.70. The van der Waals surface area contributed by atoms with Gasteiger partial charge in [-0.15, -0.1) is 0 Å². The highest BCUT2D eigenvalue weighted by atomic mass is 16.5. The van der Waals surface area contributed by atoms with E-state index in [4.69, 9.17) is 9.47 Å². The molecule has 2 fully saturated rings. The summed E-state index contributed by atoms with van der Waals surface area (Å²) in [5.74, 6) is 1.29. The van der Waals surface area contributed by atoms with Crippen LogP contribution in [0.2, 0.25) is 0 Å². The number of nitrogens with zero attached hydrogens (tertiary/aromatic N) is 3. The van der Waals surface area contributed by atoms with Gasteiger partial charge in [0.05, 0.1) is 25.4 Å². The Morgan fingerprint density at radius 1 is 1.07 bits per heavy atom. The van der Waals surface area contributed by atoms with E-state index in [1.807, 2.05) is 18.7 Å². The molecule has 0 bridgehead atoms. The minimum Gasteiger partial charge on any atom is -0.493 e. The first-order valence-electron chi connectivity index (χ1n) is 10.2. The van der Waals surface area contributed by atoms with Gasteiger partial charge in [-0.3, -0.25) is 14.6 Å². The Bertz CT molecular complexity index is 663. The Labute approximate surface area is 162 Å². The Morgan fingerprint density at radius 2 is 1.78 bits per heavy atom. The lowest BCUT2D eigenvalue weighted by atomic mass is 10.1. The summed E-state index contributed by atoms with van der Waals surface area (Å²) < 4.78 is 11.3. The second kappa shape index (κ2) is 8.17. The maximum absolute atomic E-state index is 12.6. The summed E-state index contributed by atoms with van der Waals surface area (Å²) in [6, 6.07) is 6.58. The number of piperazine rings is 1. The lowest BCUT2D eigenvalue weighted by Gasteiger charge is -2.38. The van der Waals surface area contributed by atoms with Crippen molar-refractivity contribution in [3.63, 3.8) is 0 Å². The summed E-state index contributed by atoms with van der Waals surface area (Å²) in [6.07, 6.45) is 1.29. The predicted octanol–water partition coefficient (Wildman–Crippen LogP) is 1.37. The molecule has 0 aliphatic carbocycles. The van der Waals surface area contributed by atoms with Crippen LogP contribution in [0.4, 0.5) is 0 Å². The minimum absolute atomic E-state index is 0.132. The monoisotopic (exact) mass is 373 g/mol. The van der Waals surface area contributed by atoms with E-state index in [2.05, 4.69) is 28.0 Å². The SMILES string of the molecule is C[C@H]1CN(C(=O)CN2CCN(Cc3ccc4c(c3)CCO4)CC2)C[C@H](C)O1. The minimum atomic E-state index is 0.132. The third-order valence-electron chi connectivity index (χ3n) is 5.76. The molecule has 0 aromatic heterocycles. The highest BCUT2D eigenvalue weighted by Gasteiger charge is 2.28. The molecule has 3 aliphatic rings. The molecule has 4 rings (SSSR count). The first-order valence-corrected chi connectivity index (χ1v) is 10.2. The average molecular weight is 373 g/mol. The van der Waals surface area contributed by atoms with Crippen LogP contribution in [-0.2, 0) is 22.5 Å². The summed E-state index contributed by atoms with van der Waals surface area (Å²) in [7, 11) is 0. The molecule has 6 heteroatoms. The van der Waals surface area contributed by atoms with Crippen LogP contribution in [0.25, 0.3) is 0 Å². The summed E-state index contributed by atoms with van der Waals surface area (Å²) >= 11 is 0. The predicted molar refractivity (Wildman–Crippen MR) is 104 cm³/mol. The number of fused-ring (bicyclic) bond motifs is 1. The van der Waals surface area contributed by atoms with Crippen molar-refractivity contribution in [1.82, 2.24) is 14.7 Å². The molecule has 1 aromatic carbocycles. The highest BCUT2D eigenvalue weighted by molar-refractivity contribution is 5.78. The molecule has 3 aliphatic heterocycles. The molecule has 2 atom stereocenters. The zero-order valence-corrected chi connectivity index (χ0v) is 16.5. The molecule has 0 unspecified atom stereocenters. The number of benzene rings is 1. The van der Waals surface area contributed by atoms with Crippen LogP contribution in [0.1, 0.15) is 25.0 Å². The largest absolute Gasteiger partial charge is 0.493 e. The second-order valence-corrected chi connectivity index (χ2v) is 8.15. The smallest absolute Gasteiger partial charge is 0.236 e. The van der Waals surface area contributed by atoms with Crippen molar-refractivity contribution < 1.29 is 14.3 Å². The van der Waals surface area contributed by atoms with Gasteiger partial charge < -0.3 is 14.4 Å². The molecule has 2 saturated heterocycles. The van der Waals surface area contributed by atoms with Gasteiger partial charge in [-0.1, -0.05) is 12.1 Å². The van der Waals surface area contributed by atoms with Crippen molar-refractivity contribution in [2.45, 2.75) is 39.0 Å². The zero-order chi connectivity index (χ0) is 18.8. The fourth-order valence-electron chi connectivity index (χ4n) is 4.37. The fourth-order valence-corrected chi connectivity index (χ4v) is 4.37. The fraction of sp³-hybridized carbons (Fsp3) is 0.667. The van der Waals surface area contributed by atoms with E-state index in [1.165, 1.54) is 11.1 Å². The van der Waals surface area contributed by atoms with E-state index in [-0.39, 0.29) is 18.1 Å². The summed E-state index contributed by atoms with van der Waals surface area (Å²) in [4.78, 5) is 19.4. The van der Waals surface area contributed by atoms with E-state index in [0.717, 1.165) is 51.5 Å². The van der Waals surface area contributed by atoms with Crippen LogP contribution in [0.3, 0.4) is 0 Å². The molecular formula is C21H31N3O3. The highest BCUT2D eigenvalue weighted by Crippen LogP contribution is 2.26. The molecule has 6 nitrogen and oxygen atoms in total. The Morgan fingerprint density at radius 3 is 2.52 bits per heavy atom. The van der Waals surface area contributed by atoms with Gasteiger partial charge in [-0.25, -0.2) is 0 Å². The lowest BCUT2D eigenvalue weighted by molar-refractivity contribution is -0.144. The van der Waals surface area contributed by atoms with Crippen molar-refractivity contribution >= 4 is 5.91 Å². The number of carbonyl (C=O) groups excluding carboxylic acids is 1. The van der Waals surface area contributed by atoms with Crippen LogP contribution < -0.4 is 4.74 Å². The van der Waals surface area contributed by atoms with Gasteiger partial charge in [0, 0.05) is 52.2 Å². The van der Waals surface area contributed by atoms with Gasteiger partial charge in [-0.05, 0) is 31.0 Å². The van der Waals surface area contributed by atoms with E-state index >= 15 is 0 Å². The zero-order valence-electron chi connectivity index (χ0n) is 16.5. The van der Waals surface area contributed by atoms with Gasteiger partial charge in [0.25, 0.3) is 0 Å². The normalized spacial score (nSPS) is 26.7. The van der Waals surface area contributed by atoms with Gasteiger partial charge >= 0.3 is 0 Å². The van der Waals surface area contributed by atoms with E-state index in [1.54, 1.807) is 0 Å². The third kappa shape index (κ3) is 4.62. The number of carbonyl (C=O) groups is 1. The Kier molecular flexibility index (Phi) is 5.66. The molecule has 3 heterocycles. The van der Waals surface area contributed by atoms with Crippen LogP contribution in [0.5, 0.6) is 5.75 Å². The first kappa shape index (κ1) is 18.7. The number of morpholine rings is 1. The number of amides is 1. The quantitative estimate of drug-likeness (QED) is 0.798. The third-order valence-corrected chi connectivity index (χ3v) is 5.76. The van der Waals surface area contributed by atoms with Crippen molar-refractivity contribution in [3.8, 4) is 5.75 Å². The number of hydrogen-bond acceptors (Lipinski definition) is 5. The van der Waals surface area contributed by atoms with Gasteiger partial charge in [0.2, 0.25) is 5.91 Å². The van der Waals surface area contributed by atoms with Gasteiger partial charge in [0.15, 0.2) is 0 Å². The average Bonchev–Trinajstić information content (AvgIpc) is 3.10. The van der Waals surface area contributed by atoms with E-state index in [0.29, 0.717) is 19.6 Å². The number of hydrogen-bond donors (Lipinski definition) is 0. The van der Waals surface area contributed by atoms with E-state index < -0.39 is 0 Å². The van der Waals surface area contributed by atoms with Crippen molar-refractivity contribution in [2.24, 2.45) is 0 Å². The van der Waals surface area contributed by atoms with Crippen LogP contribution >= 0.6 is 0 Å².